The van der Waals surface area contributed by atoms with Crippen molar-refractivity contribution in [3.8, 4) is 0 Å². The van der Waals surface area contributed by atoms with Gasteiger partial charge >= 0.3 is 0 Å². The van der Waals surface area contributed by atoms with Crippen LogP contribution in [0, 0.1) is 6.57 Å². The number of carbonyl (C=O) groups is 7. The monoisotopic (exact) mass is 2130 g/mol. The van der Waals surface area contributed by atoms with Crippen LogP contribution in [-0.2, 0) is 48.0 Å². The maximum absolute atomic E-state index is 12.7. The van der Waals surface area contributed by atoms with Gasteiger partial charge < -0.3 is 36.7 Å². The molecule has 0 saturated carbocycles. The summed E-state index contributed by atoms with van der Waals surface area (Å²) >= 11 is 112. The van der Waals surface area contributed by atoms with E-state index in [0.29, 0.717) is 106 Å². The highest BCUT2D eigenvalue weighted by molar-refractivity contribution is 6.74. The lowest BCUT2D eigenvalue weighted by atomic mass is 10.0. The van der Waals surface area contributed by atoms with E-state index in [1.54, 1.807) is 182 Å². The van der Waals surface area contributed by atoms with E-state index < -0.39 is 25.4 Å². The molecule has 0 aliphatic carbocycles. The predicted octanol–water partition coefficient (Wildman–Crippen LogP) is 29.0. The summed E-state index contributed by atoms with van der Waals surface area (Å²) in [5, 5.41) is 35.3. The molecule has 40 heteroatoms. The van der Waals surface area contributed by atoms with Crippen molar-refractivity contribution in [2.75, 3.05) is 12.3 Å². The van der Waals surface area contributed by atoms with Gasteiger partial charge in [-0.25, -0.2) is 11.3 Å². The lowest BCUT2D eigenvalue weighted by Gasteiger charge is -2.36. The van der Waals surface area contributed by atoms with Crippen molar-refractivity contribution < 1.29 is 48.2 Å². The number of alkyl halides is 1. The number of anilines is 1. The fraction of sp³-hybridized carbons (Fsp3) is 0.146. The molecular weight excluding hydrogens is 2070 g/mol. The Bertz CT molecular complexity index is 5840. The Morgan fingerprint density at radius 1 is 0.442 bits per heavy atom. The molecule has 0 spiro atoms. The fourth-order valence-corrected chi connectivity index (χ4v) is 16.0. The fourth-order valence-electron chi connectivity index (χ4n) is 10.1. The highest BCUT2D eigenvalue weighted by Gasteiger charge is 2.37. The molecule has 20 nitrogen and oxygen atoms in total. The van der Waals surface area contributed by atoms with Crippen LogP contribution >= 0.6 is 220 Å². The van der Waals surface area contributed by atoms with Crippen LogP contribution in [0.25, 0.3) is 15.3 Å². The zero-order chi connectivity index (χ0) is 96.5. The van der Waals surface area contributed by atoms with Crippen molar-refractivity contribution in [1.82, 2.24) is 15.0 Å². The Kier molecular flexibility index (Phi) is 46.9. The zero-order valence-corrected chi connectivity index (χ0v) is 83.1. The standard InChI is InChI=1S/C17H12Cl3N5O2.C14H8Cl4O.C14H8Cl3N3O.C14H9Cl3O2.C13H20Cl2OSi.C7H6Cl2O.C7H4Cl2O.C3H4N2O/c18-10-3-1-9(2-4-10)15(26)13-11(19)5-8(6-12(13)20)7-25-16(21)14(17(22)27)23-24-25;15-7-8-5-11(17)13(12(18)6-8)14(19)9-1-3-10(16)4-2-9;15-10-3-1-9(2-4-10)14(21)13-11(16)5-8(6-12(13)17)7-19-20-18;15-10-3-1-9(2-4-10)14(19)13-11(16)5-8(7-18)6-12(13)17;1-13(2,3)17(4,5)16-9-10-6-11(14)8-12(15)7-10;8-6-1-5(4-10)2-7(9)3-6;8-6-3-1-5(2-4-6)7(9)10;1-5-2-3(4)6/h1-6H,7,21H2,(H2,22,27);1-6H,7H2;1-6H,7H2;1-6,18H,7H2;6-8H,9H2,1-5H3;1-3,10H,4H2;1-4H;2H2,(H2,4,6). The van der Waals surface area contributed by atoms with Gasteiger partial charge in [-0.2, -0.15) is 0 Å². The summed E-state index contributed by atoms with van der Waals surface area (Å²) in [6, 6.07) is 55.4. The number of nitrogens with zero attached hydrogens (tertiary/aromatic N) is 7. The molecule has 0 aliphatic heterocycles. The maximum atomic E-state index is 12.7. The quantitative estimate of drug-likeness (QED) is 0.00654. The number of aromatic nitrogens is 3. The molecule has 12 rings (SSSR count). The molecule has 2 amide bonds. The molecule has 0 bridgehead atoms. The van der Waals surface area contributed by atoms with E-state index in [2.05, 4.69) is 64.8 Å². The lowest BCUT2D eigenvalue weighted by molar-refractivity contribution is -0.116. The first-order valence-electron chi connectivity index (χ1n) is 36.7. The first kappa shape index (κ1) is 112. The van der Waals surface area contributed by atoms with E-state index >= 15 is 0 Å². The Balaban J connectivity index is 0.000000269. The van der Waals surface area contributed by atoms with Gasteiger partial charge in [0.05, 0.1) is 95.3 Å². The minimum absolute atomic E-state index is 0.0241. The molecule has 11 aromatic carbocycles. The smallest absolute Gasteiger partial charge is 0.297 e. The summed E-state index contributed by atoms with van der Waals surface area (Å²) < 4.78 is 7.39. The van der Waals surface area contributed by atoms with E-state index in [-0.39, 0.29) is 131 Å². The predicted molar refractivity (Wildman–Crippen MR) is 529 cm³/mol. The van der Waals surface area contributed by atoms with Gasteiger partial charge in [-0.3, -0.25) is 33.6 Å². The van der Waals surface area contributed by atoms with Crippen LogP contribution in [0.5, 0.6) is 0 Å². The van der Waals surface area contributed by atoms with Crippen molar-refractivity contribution >= 4 is 275 Å². The molecule has 674 valence electrons. The van der Waals surface area contributed by atoms with Gasteiger partial charge in [0, 0.05) is 83.8 Å². The maximum Gasteiger partial charge on any atom is 0.297 e. The summed E-state index contributed by atoms with van der Waals surface area (Å²) in [6.07, 6.45) is 0. The van der Waals surface area contributed by atoms with Gasteiger partial charge in [0.2, 0.25) is 0 Å². The average molecular weight is 2140 g/mol. The molecule has 0 fully saturated rings. The molecule has 1 aromatic heterocycles. The number of primary amides is 2. The number of halogens is 19. The van der Waals surface area contributed by atoms with Gasteiger partial charge in [-0.15, -0.1) is 16.7 Å². The van der Waals surface area contributed by atoms with Crippen LogP contribution < -0.4 is 17.2 Å². The summed E-state index contributed by atoms with van der Waals surface area (Å²) in [6.45, 7) is 17.6. The molecule has 0 saturated heterocycles. The molecular formula is C89H71Cl19N10O10Si. The topological polar surface area (TPSA) is 331 Å². The number of nitrogens with two attached hydrogens (primary N) is 3. The van der Waals surface area contributed by atoms with Crippen molar-refractivity contribution in [3.05, 3.63) is 403 Å². The van der Waals surface area contributed by atoms with Gasteiger partial charge in [-0.05, 0) is 275 Å². The van der Waals surface area contributed by atoms with Crippen LogP contribution in [0.3, 0.4) is 0 Å². The number of carbonyl (C=O) groups excluding carboxylic acids is 7. The van der Waals surface area contributed by atoms with Crippen molar-refractivity contribution in [1.29, 1.82) is 0 Å². The number of benzene rings is 11. The SMILES string of the molecule is CC(C)(C)[Si](C)(C)OCc1cc(Cl)cc(Cl)c1.NC(=O)c1nnn(Cc2cc(Cl)c(C(=O)c3ccc(Cl)cc3)c(Cl)c2)c1N.O=C(Cl)c1ccc(Cl)cc1.O=C(c1ccc(Cl)cc1)c1c(Cl)cc(CCl)cc1Cl.O=C(c1ccc(Cl)cc1)c1c(Cl)cc(CO)cc1Cl.OCc1cc(Cl)cc(Cl)c1.[C-]#[N+]CC(N)=O.[N-]=[N+]=NCc1cc(Cl)c(C(=O)c2ccc(Cl)cc2)c(Cl)c1. The second-order valence-electron chi connectivity index (χ2n) is 27.9. The number of hydrogen-bond acceptors (Lipinski definition) is 14. The van der Waals surface area contributed by atoms with Crippen LogP contribution in [-0.4, -0.2) is 80.3 Å². The van der Waals surface area contributed by atoms with Gasteiger partial charge in [0.15, 0.2) is 43.0 Å². The second-order valence-corrected chi connectivity index (χ2v) is 40.5. The average Bonchev–Trinajstić information content (AvgIpc) is 1.43. The minimum Gasteiger partial charge on any atom is -0.413 e. The van der Waals surface area contributed by atoms with Crippen LogP contribution in [0.1, 0.15) is 139 Å². The van der Waals surface area contributed by atoms with E-state index in [9.17, 15) is 33.6 Å². The van der Waals surface area contributed by atoms with E-state index in [1.807, 2.05) is 12.1 Å². The van der Waals surface area contributed by atoms with Gasteiger partial charge in [0.1, 0.15) is 0 Å². The number of ketones is 4. The third-order valence-corrected chi connectivity index (χ3v) is 27.0. The highest BCUT2D eigenvalue weighted by atomic mass is 35.5. The Labute approximate surface area is 838 Å². The van der Waals surface area contributed by atoms with Crippen LogP contribution in [0.4, 0.5) is 5.82 Å². The third-order valence-electron chi connectivity index (χ3n) is 17.5. The number of hydrogen-bond donors (Lipinski definition) is 5. The van der Waals surface area contributed by atoms with Crippen molar-refractivity contribution in [2.24, 2.45) is 16.6 Å². The number of aliphatic hydroxyl groups excluding tert-OH is 2. The molecule has 0 unspecified atom stereocenters. The summed E-state index contributed by atoms with van der Waals surface area (Å²) in [4.78, 5) is 86.5. The largest absolute Gasteiger partial charge is 0.413 e. The molecule has 0 atom stereocenters. The number of azide groups is 1. The lowest BCUT2D eigenvalue weighted by Crippen LogP contribution is -2.40. The Morgan fingerprint density at radius 2 is 0.729 bits per heavy atom. The van der Waals surface area contributed by atoms with E-state index in [1.165, 1.54) is 16.8 Å². The molecule has 8 N–H and O–H groups in total. The van der Waals surface area contributed by atoms with Crippen LogP contribution in [0.15, 0.2) is 211 Å². The molecule has 12 aromatic rings. The summed E-state index contributed by atoms with van der Waals surface area (Å²) in [5.74, 6) is -2.18. The normalized spacial score (nSPS) is 10.5. The first-order valence-corrected chi connectivity index (χ1v) is 46.9. The van der Waals surface area contributed by atoms with Crippen LogP contribution in [0.2, 0.25) is 104 Å². The van der Waals surface area contributed by atoms with Crippen molar-refractivity contribution in [3.63, 3.8) is 0 Å². The zero-order valence-electron chi connectivity index (χ0n) is 67.8. The molecule has 129 heavy (non-hydrogen) atoms. The van der Waals surface area contributed by atoms with E-state index in [4.69, 9.17) is 259 Å². The van der Waals surface area contributed by atoms with Gasteiger partial charge in [-0.1, -0.05) is 228 Å². The number of nitrogen functional groups attached to an aromatic ring is 1. The number of rotatable bonds is 21. The van der Waals surface area contributed by atoms with Gasteiger partial charge in [0.25, 0.3) is 23.6 Å². The minimum atomic E-state index is -1.71. The molecule has 1 heterocycles. The highest BCUT2D eigenvalue weighted by Crippen LogP contribution is 2.39. The Hall–Kier alpha value is -7.94. The van der Waals surface area contributed by atoms with E-state index in [0.717, 1.165) is 16.7 Å². The Morgan fingerprint density at radius 3 is 0.984 bits per heavy atom. The number of amides is 2. The van der Waals surface area contributed by atoms with Crippen molar-refractivity contribution in [2.45, 2.75) is 77.7 Å². The second kappa shape index (κ2) is 54.3. The number of aliphatic hydroxyl groups is 2. The summed E-state index contributed by atoms with van der Waals surface area (Å²) in [7, 11) is -1.71. The molecule has 0 aliphatic rings. The molecule has 0 radical (unpaired) electrons. The summed E-state index contributed by atoms with van der Waals surface area (Å²) in [5.41, 5.74) is 31.2. The third kappa shape index (κ3) is 36.2. The first-order chi connectivity index (χ1) is 60.6.